The van der Waals surface area contributed by atoms with Crippen molar-refractivity contribution in [3.63, 3.8) is 0 Å². The molecule has 0 bridgehead atoms. The molecule has 7 heteroatoms. The zero-order valence-corrected chi connectivity index (χ0v) is 14.6. The topological polar surface area (TPSA) is 52.4 Å². The van der Waals surface area contributed by atoms with E-state index in [0.717, 1.165) is 10.0 Å². The second-order valence-electron chi connectivity index (χ2n) is 4.16. The quantitative estimate of drug-likeness (QED) is 0.357. The Kier molecular flexibility index (Phi) is 5.61. The summed E-state index contributed by atoms with van der Waals surface area (Å²) in [6, 6.07) is 10.4. The highest BCUT2D eigenvalue weighted by molar-refractivity contribution is 9.11. The first-order valence-electron chi connectivity index (χ1n) is 5.92. The van der Waals surface area contributed by atoms with Gasteiger partial charge in [0, 0.05) is 17.2 Å². The van der Waals surface area contributed by atoms with Crippen molar-refractivity contribution in [1.82, 2.24) is 0 Å². The van der Waals surface area contributed by atoms with Crippen molar-refractivity contribution in [3.05, 3.63) is 66.6 Å². The minimum atomic E-state index is -0.434. The van der Waals surface area contributed by atoms with Crippen LogP contribution < -0.4 is 4.74 Å². The van der Waals surface area contributed by atoms with Gasteiger partial charge in [0.05, 0.1) is 15.3 Å². The molecule has 0 N–H and O–H groups in total. The van der Waals surface area contributed by atoms with Gasteiger partial charge in [-0.15, -0.1) is 11.6 Å². The first kappa shape index (κ1) is 16.3. The zero-order chi connectivity index (χ0) is 15.4. The number of rotatable bonds is 5. The average molecular weight is 435 g/mol. The van der Waals surface area contributed by atoms with Crippen LogP contribution in [-0.2, 0) is 12.5 Å². The molecule has 0 saturated heterocycles. The molecule has 0 heterocycles. The summed E-state index contributed by atoms with van der Waals surface area (Å²) in [6.07, 6.45) is 0. The van der Waals surface area contributed by atoms with Gasteiger partial charge in [0.25, 0.3) is 5.69 Å². The Labute approximate surface area is 143 Å². The molecule has 0 unspecified atom stereocenters. The lowest BCUT2D eigenvalue weighted by atomic mass is 10.2. The van der Waals surface area contributed by atoms with E-state index in [4.69, 9.17) is 16.3 Å². The lowest BCUT2D eigenvalue weighted by Gasteiger charge is -2.12. The van der Waals surface area contributed by atoms with Gasteiger partial charge < -0.3 is 4.74 Å². The van der Waals surface area contributed by atoms with Crippen LogP contribution in [0, 0.1) is 10.1 Å². The highest BCUT2D eigenvalue weighted by Gasteiger charge is 2.16. The fourth-order valence-electron chi connectivity index (χ4n) is 1.79. The van der Waals surface area contributed by atoms with E-state index < -0.39 is 4.92 Å². The van der Waals surface area contributed by atoms with Crippen molar-refractivity contribution in [1.29, 1.82) is 0 Å². The van der Waals surface area contributed by atoms with Gasteiger partial charge in [-0.1, -0.05) is 24.3 Å². The maximum atomic E-state index is 10.9. The van der Waals surface area contributed by atoms with E-state index in [1.165, 1.54) is 6.07 Å². The minimum absolute atomic E-state index is 0.0146. The molecule has 2 aromatic carbocycles. The van der Waals surface area contributed by atoms with Gasteiger partial charge in [0.15, 0.2) is 0 Å². The summed E-state index contributed by atoms with van der Waals surface area (Å²) in [7, 11) is 0. The van der Waals surface area contributed by atoms with Crippen LogP contribution >= 0.6 is 43.5 Å². The number of alkyl halides is 1. The molecule has 0 aliphatic carbocycles. The molecule has 0 aromatic heterocycles. The van der Waals surface area contributed by atoms with Crippen LogP contribution in [0.2, 0.25) is 0 Å². The Bertz CT molecular complexity index is 679. The number of nitro benzene ring substituents is 1. The van der Waals surface area contributed by atoms with Gasteiger partial charge in [-0.25, -0.2) is 0 Å². The van der Waals surface area contributed by atoms with E-state index in [2.05, 4.69) is 31.9 Å². The second-order valence-corrected chi connectivity index (χ2v) is 6.07. The molecule has 0 atom stereocenters. The van der Waals surface area contributed by atoms with E-state index in [0.29, 0.717) is 21.7 Å². The molecule has 4 nitrogen and oxygen atoms in total. The molecule has 0 aliphatic rings. The number of para-hydroxylation sites is 1. The summed E-state index contributed by atoms with van der Waals surface area (Å²) in [5.41, 5.74) is 1.56. The number of hydrogen-bond acceptors (Lipinski definition) is 3. The maximum Gasteiger partial charge on any atom is 0.283 e. The van der Waals surface area contributed by atoms with Crippen LogP contribution in [0.4, 0.5) is 5.69 Å². The summed E-state index contributed by atoms with van der Waals surface area (Å²) in [4.78, 5) is 10.5. The van der Waals surface area contributed by atoms with Crippen LogP contribution in [0.3, 0.4) is 0 Å². The van der Waals surface area contributed by atoms with E-state index >= 15 is 0 Å². The van der Waals surface area contributed by atoms with E-state index in [1.807, 2.05) is 18.2 Å². The van der Waals surface area contributed by atoms with Gasteiger partial charge in [0.2, 0.25) is 0 Å². The molecule has 0 spiro atoms. The maximum absolute atomic E-state index is 10.9. The summed E-state index contributed by atoms with van der Waals surface area (Å²) in [5, 5.41) is 10.9. The summed E-state index contributed by atoms with van der Waals surface area (Å²) in [6.45, 7) is 0.203. The second kappa shape index (κ2) is 7.24. The highest BCUT2D eigenvalue weighted by atomic mass is 79.9. The lowest BCUT2D eigenvalue weighted by Crippen LogP contribution is -2.01. The standard InChI is InChI=1S/C14H10Br2ClNO3/c15-11-5-1-3-9(7-17)14(11)21-8-10-4-2-6-12(13(10)16)18(19)20/h1-6H,7-8H2. The SMILES string of the molecule is O=[N+]([O-])c1cccc(COc2c(Br)cccc2CCl)c1Br. The molecule has 0 saturated carbocycles. The third-order valence-corrected chi connectivity index (χ3v) is 4.65. The van der Waals surface area contributed by atoms with Crippen molar-refractivity contribution in [2.45, 2.75) is 12.5 Å². The normalized spacial score (nSPS) is 10.4. The minimum Gasteiger partial charge on any atom is -0.487 e. The zero-order valence-electron chi connectivity index (χ0n) is 10.7. The number of ether oxygens (including phenoxy) is 1. The van der Waals surface area contributed by atoms with Crippen molar-refractivity contribution < 1.29 is 9.66 Å². The predicted octanol–water partition coefficient (Wildman–Crippen LogP) is 5.44. The molecule has 110 valence electrons. The lowest BCUT2D eigenvalue weighted by molar-refractivity contribution is -0.385. The van der Waals surface area contributed by atoms with E-state index in [1.54, 1.807) is 12.1 Å². The molecule has 0 amide bonds. The van der Waals surface area contributed by atoms with Crippen LogP contribution in [0.1, 0.15) is 11.1 Å². The third-order valence-electron chi connectivity index (χ3n) is 2.82. The number of benzene rings is 2. The Morgan fingerprint density at radius 1 is 1.14 bits per heavy atom. The smallest absolute Gasteiger partial charge is 0.283 e. The molecule has 2 aromatic rings. The molecular formula is C14H10Br2ClNO3. The van der Waals surface area contributed by atoms with E-state index in [-0.39, 0.29) is 12.3 Å². The summed E-state index contributed by atoms with van der Waals surface area (Å²) in [5.74, 6) is 0.969. The first-order valence-corrected chi connectivity index (χ1v) is 8.04. The number of halogens is 3. The monoisotopic (exact) mass is 433 g/mol. The van der Waals surface area contributed by atoms with Crippen molar-refractivity contribution >= 4 is 49.1 Å². The Hall–Kier alpha value is -1.11. The molecule has 0 fully saturated rings. The Morgan fingerprint density at radius 2 is 1.81 bits per heavy atom. The number of nitro groups is 1. The third kappa shape index (κ3) is 3.75. The number of nitrogens with zero attached hydrogens (tertiary/aromatic N) is 1. The van der Waals surface area contributed by atoms with Crippen LogP contribution in [0.25, 0.3) is 0 Å². The summed E-state index contributed by atoms with van der Waals surface area (Å²) < 4.78 is 7.00. The molecule has 0 radical (unpaired) electrons. The molecular weight excluding hydrogens is 425 g/mol. The van der Waals surface area contributed by atoms with Crippen molar-refractivity contribution in [2.75, 3.05) is 0 Å². The molecule has 2 rings (SSSR count). The fourth-order valence-corrected chi connectivity index (χ4v) is 3.04. The largest absolute Gasteiger partial charge is 0.487 e. The average Bonchev–Trinajstić information content (AvgIpc) is 2.46. The van der Waals surface area contributed by atoms with Crippen molar-refractivity contribution in [3.8, 4) is 5.75 Å². The Morgan fingerprint density at radius 3 is 2.48 bits per heavy atom. The molecule has 21 heavy (non-hydrogen) atoms. The van der Waals surface area contributed by atoms with Gasteiger partial charge in [-0.05, 0) is 37.9 Å². The van der Waals surface area contributed by atoms with Crippen LogP contribution in [0.5, 0.6) is 5.75 Å². The molecule has 0 aliphatic heterocycles. The van der Waals surface area contributed by atoms with Crippen LogP contribution in [-0.4, -0.2) is 4.92 Å². The predicted molar refractivity (Wildman–Crippen MR) is 88.8 cm³/mol. The van der Waals surface area contributed by atoms with E-state index in [9.17, 15) is 10.1 Å². The van der Waals surface area contributed by atoms with Gasteiger partial charge >= 0.3 is 0 Å². The number of hydrogen-bond donors (Lipinski definition) is 0. The van der Waals surface area contributed by atoms with Gasteiger partial charge in [-0.2, -0.15) is 0 Å². The fraction of sp³-hybridized carbons (Fsp3) is 0.143. The summed E-state index contributed by atoms with van der Waals surface area (Å²) >= 11 is 12.5. The Balaban J connectivity index is 2.25. The first-order chi connectivity index (χ1) is 10.0. The van der Waals surface area contributed by atoms with Crippen LogP contribution in [0.15, 0.2) is 45.3 Å². The highest BCUT2D eigenvalue weighted by Crippen LogP contribution is 2.33. The van der Waals surface area contributed by atoms with Gasteiger partial charge in [-0.3, -0.25) is 10.1 Å². The van der Waals surface area contributed by atoms with Gasteiger partial charge in [0.1, 0.15) is 16.8 Å². The van der Waals surface area contributed by atoms with Crippen molar-refractivity contribution in [2.24, 2.45) is 0 Å².